The summed E-state index contributed by atoms with van der Waals surface area (Å²) in [5.41, 5.74) is 8.13. The number of methoxy groups -OCH3 is 1. The standard InChI is InChI=1S/C29H47N3O30S4.10Na.3H2O4S/c1-9-12(57-29-24(38)21(35)14(6-53-29)59-28-19(32-64(42,43)44)23(37)20(34)15(60-28)7-54-65(45,46)47)3-10(31-63(39,40)41)26(56-9)58-13-5-52-17(4-11(13)33)62-25-16(8-55-66(48,49)50)61-27(51-2)18(30)22(25)36;;;;;;;;;;;3*1-5(2,3)4/h3-6,9-38H,1,7-8H2,2H3,(H,39,40,41)(H,42,43,44)(H,45,46,47)(H,48,49,50);;;;;;;;;;;3*(H2,1,2,3,4)/q-6;10*+1;;;/p-7/t9?,10?,11-,12+,13-,14-,15?,16?,17-,18?,19?,20-,21-,22+,23+,24?,25-,26-,27+,28+,29-;;;;;;;;;;;;;/m0............./s1. The third-order valence-corrected chi connectivity index (χ3v) is 11.8. The second-order valence-corrected chi connectivity index (χ2v) is 22.7. The molecule has 91 heavy (non-hydrogen) atoms. The Kier molecular flexibility index (Phi) is 67.9. The van der Waals surface area contributed by atoms with Gasteiger partial charge in [0.1, 0.15) is 55.2 Å². The van der Waals surface area contributed by atoms with Crippen molar-refractivity contribution in [3.63, 3.8) is 0 Å². The number of ether oxygens (including phenoxy) is 10. The molecule has 5 aliphatic rings. The summed E-state index contributed by atoms with van der Waals surface area (Å²) in [6.07, 6.45) is -31.1. The van der Waals surface area contributed by atoms with Gasteiger partial charge in [0, 0.05) is 13.4 Å². The molecule has 45 nitrogen and oxygen atoms in total. The number of rotatable bonds is 19. The fraction of sp³-hybridized carbons (Fsp3) is 0.828. The Morgan fingerprint density at radius 3 is 1.31 bits per heavy atom. The van der Waals surface area contributed by atoms with E-state index in [-0.39, 0.29) is 296 Å². The summed E-state index contributed by atoms with van der Waals surface area (Å²) < 4.78 is 300. The summed E-state index contributed by atoms with van der Waals surface area (Å²) in [5, 5.41) is 64.3. The van der Waals surface area contributed by atoms with Crippen LogP contribution in [0.25, 0.3) is 5.73 Å². The minimum absolute atomic E-state index is 0. The number of hydrogen-bond acceptors (Lipinski definition) is 39. The molecule has 0 aromatic carbocycles. The van der Waals surface area contributed by atoms with Gasteiger partial charge in [0.05, 0.1) is 25.4 Å². The van der Waals surface area contributed by atoms with Crippen LogP contribution in [0.3, 0.4) is 0 Å². The number of aliphatic hydroxyl groups excluding tert-OH is 6. The molecule has 5 aliphatic heterocycles. The van der Waals surface area contributed by atoms with Crippen molar-refractivity contribution in [2.45, 2.75) is 129 Å². The van der Waals surface area contributed by atoms with Crippen molar-refractivity contribution < 1.29 is 486 Å². The Hall–Kier alpha value is 8.41. The van der Waals surface area contributed by atoms with Gasteiger partial charge in [0.15, 0.2) is 33.2 Å². The van der Waals surface area contributed by atoms with Crippen molar-refractivity contribution in [2.24, 2.45) is 0 Å². The molecule has 0 radical (unpaired) electrons. The van der Waals surface area contributed by atoms with Gasteiger partial charge in [-0.05, 0) is 18.2 Å². The van der Waals surface area contributed by atoms with Crippen molar-refractivity contribution >= 4 is 72.6 Å². The fourth-order valence-corrected chi connectivity index (χ4v) is 8.43. The minimum Gasteiger partial charge on any atom is -0.735 e. The van der Waals surface area contributed by atoms with Crippen LogP contribution < -0.4 is 305 Å². The Labute approximate surface area is 743 Å². The van der Waals surface area contributed by atoms with Crippen LogP contribution in [-0.2, 0) is 128 Å². The van der Waals surface area contributed by atoms with E-state index in [2.05, 4.69) is 15.3 Å². The molecule has 484 valence electrons. The maximum absolute atomic E-state index is 11.8. The van der Waals surface area contributed by atoms with Gasteiger partial charge >= 0.3 is 296 Å². The van der Waals surface area contributed by atoms with E-state index in [0.717, 1.165) is 26.6 Å². The van der Waals surface area contributed by atoms with E-state index in [1.165, 1.54) is 4.72 Å². The summed E-state index contributed by atoms with van der Waals surface area (Å²) in [6, 6.07) is -5.52. The van der Waals surface area contributed by atoms with Crippen molar-refractivity contribution in [1.82, 2.24) is 9.44 Å². The number of hydrogen-bond donors (Lipinski definition) is 11. The molecule has 0 bridgehead atoms. The van der Waals surface area contributed by atoms with E-state index >= 15 is 0 Å². The second-order valence-electron chi connectivity index (χ2n) is 15.8. The molecule has 21 atom stereocenters. The molecule has 0 amide bonds. The van der Waals surface area contributed by atoms with Crippen LogP contribution in [0.4, 0.5) is 0 Å². The first kappa shape index (κ1) is 118. The summed E-state index contributed by atoms with van der Waals surface area (Å²) in [6.45, 7) is 2.84. The Balaban J connectivity index is -0.000000344. The second kappa shape index (κ2) is 52.5. The summed E-state index contributed by atoms with van der Waals surface area (Å²) in [4.78, 5) is 0. The van der Waals surface area contributed by atoms with Gasteiger partial charge < -0.3 is 123 Å². The number of nitrogens with one attached hydrogen (secondary N) is 3. The zero-order chi connectivity index (χ0) is 62.8. The zero-order valence-electron chi connectivity index (χ0n) is 49.4. The van der Waals surface area contributed by atoms with Gasteiger partial charge in [0.2, 0.25) is 52.0 Å². The molecule has 7 unspecified atom stereocenters. The predicted molar refractivity (Wildman–Crippen MR) is 230 cm³/mol. The Morgan fingerprint density at radius 2 is 0.890 bits per heavy atom. The third-order valence-electron chi connectivity index (χ3n) is 9.80. The van der Waals surface area contributed by atoms with Crippen LogP contribution in [0.1, 0.15) is 0 Å². The van der Waals surface area contributed by atoms with E-state index in [4.69, 9.17) is 106 Å². The molecular weight excluding hydrogens is 1520 g/mol. The first-order chi connectivity index (χ1) is 36.4. The molecule has 5 heterocycles. The van der Waals surface area contributed by atoms with E-state index in [1.54, 1.807) is 4.72 Å². The zero-order valence-corrected chi connectivity index (χ0v) is 75.1. The molecular formula is C29H46N3Na10O42S7-3. The average Bonchev–Trinajstić information content (AvgIpc) is 3.26. The van der Waals surface area contributed by atoms with Gasteiger partial charge in [0.25, 0.3) is 0 Å². The van der Waals surface area contributed by atoms with Crippen molar-refractivity contribution in [3.8, 4) is 0 Å². The molecule has 5 rings (SSSR count). The van der Waals surface area contributed by atoms with Crippen molar-refractivity contribution in [3.05, 3.63) is 38.7 Å². The van der Waals surface area contributed by atoms with E-state index in [0.29, 0.717) is 6.61 Å². The first-order valence-electron chi connectivity index (χ1n) is 20.6. The summed E-state index contributed by atoms with van der Waals surface area (Å²) in [7, 11) is -35.1. The van der Waals surface area contributed by atoms with Gasteiger partial charge in [-0.3, -0.25) is 28.4 Å². The third kappa shape index (κ3) is 50.6. The van der Waals surface area contributed by atoms with Gasteiger partial charge in [-0.2, -0.15) is 13.2 Å². The van der Waals surface area contributed by atoms with Crippen molar-refractivity contribution in [1.29, 1.82) is 0 Å². The topological polar surface area (TPSA) is 741 Å². The monoisotopic (exact) mass is 1560 g/mol. The van der Waals surface area contributed by atoms with E-state index < -0.39 is 215 Å². The average molecular weight is 1560 g/mol. The van der Waals surface area contributed by atoms with Crippen LogP contribution in [0.5, 0.6) is 0 Å². The van der Waals surface area contributed by atoms with Crippen LogP contribution >= 0.6 is 0 Å². The van der Waals surface area contributed by atoms with Crippen LogP contribution in [0.2, 0.25) is 0 Å². The molecule has 12 N–H and O–H groups in total. The van der Waals surface area contributed by atoms with Gasteiger partial charge in [-0.1, -0.05) is 24.4 Å². The van der Waals surface area contributed by atoms with E-state index in [1.807, 2.05) is 0 Å². The SMILES string of the molecule is O=S(=O)([O-])O.O=S(=O)([O-])O.O=S(=O)([O-])O.[CH2-]C1O[C@@H](O[C@H]2[CH-]O[C@@H](O[C@H]3C(COS(=O)(=O)[O-])O[C@@H](OC)C([NH-])[C@H]3O)[CH-][C@@H]2O)C(NS(=O)(=O)[O-])[CH-][C@H]1O[C@@H]1O[CH-][C@H](O[C@@H]2OC(COS(=O)(=O)[O-])[C@H](O)[C@H](O)C2NS(=O)(=O)[O-])[C@H](O)C1O.[Na+].[Na+].[Na+].[Na+].[Na+].[Na+].[Na+].[Na+].[Na+].[Na+]. The smallest absolute Gasteiger partial charge is 0.735 e. The maximum atomic E-state index is 11.8. The van der Waals surface area contributed by atoms with Crippen LogP contribution in [-0.4, -0.2) is 284 Å². The van der Waals surface area contributed by atoms with Crippen molar-refractivity contribution in [2.75, 3.05) is 20.3 Å². The molecule has 0 spiro atoms. The maximum Gasteiger partial charge on any atom is 1.00 e. The molecule has 0 aromatic rings. The predicted octanol–water partition coefficient (Wildman–Crippen LogP) is -41.9. The van der Waals surface area contributed by atoms with Crippen LogP contribution in [0.15, 0.2) is 0 Å². The Morgan fingerprint density at radius 1 is 0.484 bits per heavy atom. The molecule has 0 saturated carbocycles. The fourth-order valence-electron chi connectivity index (χ4n) is 6.72. The summed E-state index contributed by atoms with van der Waals surface area (Å²) in [5.74, 6) is 0. The largest absolute Gasteiger partial charge is 1.00 e. The molecule has 5 saturated heterocycles. The quantitative estimate of drug-likeness (QED) is 0.0248. The Bertz CT molecular complexity index is 2730. The first-order valence-corrected chi connectivity index (χ1v) is 30.1. The number of aliphatic hydroxyl groups is 6. The molecule has 62 heteroatoms. The normalized spacial score (nSPS) is 33.4. The summed E-state index contributed by atoms with van der Waals surface area (Å²) >= 11 is 0. The van der Waals surface area contributed by atoms with Crippen LogP contribution in [0, 0.1) is 33.0 Å². The minimum atomic E-state index is -5.46. The molecule has 0 aromatic heterocycles. The van der Waals surface area contributed by atoms with E-state index in [9.17, 15) is 82.5 Å². The molecule has 5 fully saturated rings. The van der Waals surface area contributed by atoms with Gasteiger partial charge in [-0.25, -0.2) is 74.8 Å². The van der Waals surface area contributed by atoms with Gasteiger partial charge in [-0.15, -0.1) is 0 Å². The molecule has 0 aliphatic carbocycles.